The van der Waals surface area contributed by atoms with Gasteiger partial charge in [-0.1, -0.05) is 12.1 Å². The maximum absolute atomic E-state index is 12.4. The third-order valence-corrected chi connectivity index (χ3v) is 5.20. The fourth-order valence-corrected chi connectivity index (χ4v) is 3.99. The van der Waals surface area contributed by atoms with Crippen LogP contribution in [0.5, 0.6) is 0 Å². The molecule has 2 saturated carbocycles. The fraction of sp³-hybridized carbons (Fsp3) is 0.588. The molecule has 4 atom stereocenters. The zero-order chi connectivity index (χ0) is 16.6. The summed E-state index contributed by atoms with van der Waals surface area (Å²) in [5.74, 6) is 0.632. The Morgan fingerprint density at radius 1 is 1.17 bits per heavy atom. The molecule has 23 heavy (non-hydrogen) atoms. The van der Waals surface area contributed by atoms with E-state index in [-0.39, 0.29) is 24.3 Å². The third kappa shape index (κ3) is 3.68. The summed E-state index contributed by atoms with van der Waals surface area (Å²) < 4.78 is 36.6. The van der Waals surface area contributed by atoms with Crippen LogP contribution in [-0.4, -0.2) is 18.1 Å². The number of aryl methyl sites for hydroxylation is 1. The zero-order valence-electron chi connectivity index (χ0n) is 12.8. The summed E-state index contributed by atoms with van der Waals surface area (Å²) in [6, 6.07) is 6.49. The number of benzene rings is 1. The second-order valence-electron chi connectivity index (χ2n) is 6.74. The number of halogens is 3. The van der Waals surface area contributed by atoms with Crippen molar-refractivity contribution in [2.45, 2.75) is 44.3 Å². The highest BCUT2D eigenvalue weighted by Crippen LogP contribution is 2.47. The van der Waals surface area contributed by atoms with E-state index < -0.39 is 12.6 Å². The van der Waals surface area contributed by atoms with Gasteiger partial charge in [0.1, 0.15) is 0 Å². The molecule has 1 aromatic carbocycles. The van der Waals surface area contributed by atoms with Gasteiger partial charge in [0.2, 0.25) is 5.91 Å². The lowest BCUT2D eigenvalue weighted by Crippen LogP contribution is -2.42. The van der Waals surface area contributed by atoms with E-state index in [0.29, 0.717) is 23.1 Å². The van der Waals surface area contributed by atoms with Gasteiger partial charge in [-0.15, -0.1) is 0 Å². The first-order chi connectivity index (χ1) is 10.8. The van der Waals surface area contributed by atoms with Crippen molar-refractivity contribution in [3.05, 3.63) is 29.8 Å². The number of fused-ring (bicyclic) bond motifs is 2. The first-order valence-corrected chi connectivity index (χ1v) is 8.05. The number of amides is 1. The van der Waals surface area contributed by atoms with Gasteiger partial charge in [-0.25, -0.2) is 0 Å². The first kappa shape index (κ1) is 16.3. The van der Waals surface area contributed by atoms with Gasteiger partial charge in [-0.05, 0) is 55.2 Å². The molecular formula is C17H21F3N2O. The predicted octanol–water partition coefficient (Wildman–Crippen LogP) is 3.49. The number of anilines is 1. The lowest BCUT2D eigenvalue weighted by atomic mass is 9.84. The Bertz CT molecular complexity index is 568. The number of rotatable bonds is 4. The molecule has 2 bridgehead atoms. The van der Waals surface area contributed by atoms with Crippen molar-refractivity contribution in [3.63, 3.8) is 0 Å². The van der Waals surface area contributed by atoms with Crippen molar-refractivity contribution >= 4 is 11.6 Å². The first-order valence-electron chi connectivity index (χ1n) is 8.05. The Morgan fingerprint density at radius 2 is 1.83 bits per heavy atom. The Balaban J connectivity index is 1.57. The standard InChI is InChI=1S/C17H21F3N2O/c18-17(19,20)8-7-10-1-5-13(6-2-10)22-16(23)14-11-3-4-12(9-11)15(14)21/h1-2,5-6,11-12,14-15H,3-4,7-9,21H2,(H,22,23). The van der Waals surface area contributed by atoms with Gasteiger partial charge in [-0.2, -0.15) is 13.2 Å². The molecule has 0 heterocycles. The van der Waals surface area contributed by atoms with Crippen LogP contribution in [0.2, 0.25) is 0 Å². The largest absolute Gasteiger partial charge is 0.389 e. The van der Waals surface area contributed by atoms with Gasteiger partial charge in [0.25, 0.3) is 0 Å². The van der Waals surface area contributed by atoms with Crippen LogP contribution in [0.4, 0.5) is 18.9 Å². The summed E-state index contributed by atoms with van der Waals surface area (Å²) in [5, 5.41) is 2.86. The fourth-order valence-electron chi connectivity index (χ4n) is 3.99. The van der Waals surface area contributed by atoms with E-state index in [2.05, 4.69) is 5.32 Å². The molecule has 3 N–H and O–H groups in total. The monoisotopic (exact) mass is 326 g/mol. The quantitative estimate of drug-likeness (QED) is 0.890. The Hall–Kier alpha value is -1.56. The molecule has 2 fully saturated rings. The molecule has 3 rings (SSSR count). The van der Waals surface area contributed by atoms with Gasteiger partial charge < -0.3 is 11.1 Å². The SMILES string of the molecule is NC1C2CCC(C2)C1C(=O)Nc1ccc(CCC(F)(F)F)cc1. The highest BCUT2D eigenvalue weighted by Gasteiger charge is 2.49. The minimum absolute atomic E-state index is 0.0466. The van der Waals surface area contributed by atoms with Crippen LogP contribution in [0.25, 0.3) is 0 Å². The minimum atomic E-state index is -4.15. The molecule has 1 amide bonds. The molecule has 6 heteroatoms. The van der Waals surface area contributed by atoms with Crippen molar-refractivity contribution < 1.29 is 18.0 Å². The van der Waals surface area contributed by atoms with E-state index in [1.807, 2.05) is 0 Å². The van der Waals surface area contributed by atoms with Crippen LogP contribution < -0.4 is 11.1 Å². The van der Waals surface area contributed by atoms with Crippen LogP contribution in [-0.2, 0) is 11.2 Å². The average Bonchev–Trinajstić information content (AvgIpc) is 3.06. The minimum Gasteiger partial charge on any atom is -0.327 e. The summed E-state index contributed by atoms with van der Waals surface area (Å²) in [5.41, 5.74) is 7.38. The molecule has 0 spiro atoms. The van der Waals surface area contributed by atoms with Crippen molar-refractivity contribution in [2.75, 3.05) is 5.32 Å². The second-order valence-corrected chi connectivity index (χ2v) is 6.74. The van der Waals surface area contributed by atoms with Crippen LogP contribution in [0.1, 0.15) is 31.2 Å². The lowest BCUT2D eigenvalue weighted by Gasteiger charge is -2.27. The van der Waals surface area contributed by atoms with Gasteiger partial charge in [-0.3, -0.25) is 4.79 Å². The molecule has 0 aromatic heterocycles. The van der Waals surface area contributed by atoms with Crippen molar-refractivity contribution in [2.24, 2.45) is 23.5 Å². The van der Waals surface area contributed by atoms with E-state index in [0.717, 1.165) is 19.3 Å². The lowest BCUT2D eigenvalue weighted by molar-refractivity contribution is -0.134. The zero-order valence-corrected chi connectivity index (χ0v) is 12.8. The van der Waals surface area contributed by atoms with Crippen LogP contribution in [0, 0.1) is 17.8 Å². The van der Waals surface area contributed by atoms with E-state index >= 15 is 0 Å². The molecule has 3 nitrogen and oxygen atoms in total. The number of carbonyl (C=O) groups excluding carboxylic acids is 1. The summed E-state index contributed by atoms with van der Waals surface area (Å²) in [7, 11) is 0. The summed E-state index contributed by atoms with van der Waals surface area (Å²) >= 11 is 0. The van der Waals surface area contributed by atoms with Crippen molar-refractivity contribution in [3.8, 4) is 0 Å². The molecule has 126 valence electrons. The molecule has 0 saturated heterocycles. The van der Waals surface area contributed by atoms with Gasteiger partial charge in [0.05, 0.1) is 5.92 Å². The molecule has 0 aliphatic heterocycles. The highest BCUT2D eigenvalue weighted by atomic mass is 19.4. The number of nitrogens with two attached hydrogens (primary N) is 1. The van der Waals surface area contributed by atoms with Gasteiger partial charge in [0.15, 0.2) is 0 Å². The molecule has 4 unspecified atom stereocenters. The van der Waals surface area contributed by atoms with E-state index in [9.17, 15) is 18.0 Å². The predicted molar refractivity (Wildman–Crippen MR) is 81.7 cm³/mol. The second kappa shape index (κ2) is 6.15. The van der Waals surface area contributed by atoms with E-state index in [4.69, 9.17) is 5.73 Å². The maximum atomic E-state index is 12.4. The number of alkyl halides is 3. The molecule has 2 aliphatic carbocycles. The van der Waals surface area contributed by atoms with Gasteiger partial charge >= 0.3 is 6.18 Å². The topological polar surface area (TPSA) is 55.1 Å². The normalized spacial score (nSPS) is 29.7. The average molecular weight is 326 g/mol. The molecule has 0 radical (unpaired) electrons. The smallest absolute Gasteiger partial charge is 0.327 e. The Morgan fingerprint density at radius 3 is 2.39 bits per heavy atom. The third-order valence-electron chi connectivity index (χ3n) is 5.20. The maximum Gasteiger partial charge on any atom is 0.389 e. The number of nitrogens with one attached hydrogen (secondary N) is 1. The number of hydrogen-bond donors (Lipinski definition) is 2. The van der Waals surface area contributed by atoms with Crippen LogP contribution >= 0.6 is 0 Å². The Labute approximate surface area is 133 Å². The summed E-state index contributed by atoms with van der Waals surface area (Å²) in [6.07, 6.45) is -1.82. The number of hydrogen-bond acceptors (Lipinski definition) is 2. The van der Waals surface area contributed by atoms with Crippen molar-refractivity contribution in [1.82, 2.24) is 0 Å². The van der Waals surface area contributed by atoms with Gasteiger partial charge in [0, 0.05) is 18.2 Å². The van der Waals surface area contributed by atoms with E-state index in [1.165, 1.54) is 0 Å². The molecule has 1 aromatic rings. The van der Waals surface area contributed by atoms with Crippen LogP contribution in [0.15, 0.2) is 24.3 Å². The Kier molecular flexibility index (Phi) is 4.36. The highest BCUT2D eigenvalue weighted by molar-refractivity contribution is 5.93. The number of carbonyl (C=O) groups is 1. The van der Waals surface area contributed by atoms with Crippen molar-refractivity contribution in [1.29, 1.82) is 0 Å². The van der Waals surface area contributed by atoms with Crippen LogP contribution in [0.3, 0.4) is 0 Å². The van der Waals surface area contributed by atoms with E-state index in [1.54, 1.807) is 24.3 Å². The molecular weight excluding hydrogens is 305 g/mol. The summed E-state index contributed by atoms with van der Waals surface area (Å²) in [6.45, 7) is 0. The summed E-state index contributed by atoms with van der Waals surface area (Å²) in [4.78, 5) is 12.4. The molecule has 2 aliphatic rings.